The van der Waals surface area contributed by atoms with Crippen molar-refractivity contribution in [2.45, 2.75) is 49.5 Å². The van der Waals surface area contributed by atoms with Gasteiger partial charge in [0.05, 0.1) is 12.0 Å². The summed E-state index contributed by atoms with van der Waals surface area (Å²) in [5, 5.41) is 3.38. The summed E-state index contributed by atoms with van der Waals surface area (Å²) in [5.41, 5.74) is 6.21. The molecule has 4 heteroatoms. The van der Waals surface area contributed by atoms with Crippen LogP contribution in [0.5, 0.6) is 0 Å². The SMILES string of the molecule is CN1C(=O)c2ccccc2C(C(=O)NCC2(c3ccccc3)CCCC2)C1C1=CCc2ccccc21. The van der Waals surface area contributed by atoms with E-state index in [1.807, 2.05) is 43.4 Å². The number of hydrogen-bond acceptors (Lipinski definition) is 2. The average Bonchev–Trinajstić information content (AvgIpc) is 3.58. The number of rotatable bonds is 5. The molecule has 2 aliphatic carbocycles. The molecule has 1 aliphatic heterocycles. The number of fused-ring (bicyclic) bond motifs is 2. The van der Waals surface area contributed by atoms with E-state index >= 15 is 0 Å². The first kappa shape index (κ1) is 22.8. The fourth-order valence-corrected chi connectivity index (χ4v) is 6.71. The number of likely N-dealkylation sites (N-methyl/N-ethyl adjacent to an activating group) is 1. The van der Waals surface area contributed by atoms with Crippen molar-refractivity contribution in [1.29, 1.82) is 0 Å². The van der Waals surface area contributed by atoms with Gasteiger partial charge in [0.15, 0.2) is 0 Å². The third kappa shape index (κ3) is 3.67. The van der Waals surface area contributed by atoms with E-state index in [1.165, 1.54) is 24.0 Å². The molecule has 4 nitrogen and oxygen atoms in total. The first-order valence-electron chi connectivity index (χ1n) is 13.1. The minimum absolute atomic E-state index is 0.000660. The molecule has 1 saturated carbocycles. The lowest BCUT2D eigenvalue weighted by molar-refractivity contribution is -0.123. The van der Waals surface area contributed by atoms with E-state index in [1.54, 1.807) is 4.90 Å². The quantitative estimate of drug-likeness (QED) is 0.529. The summed E-state index contributed by atoms with van der Waals surface area (Å²) < 4.78 is 0. The van der Waals surface area contributed by atoms with Gasteiger partial charge in [0.1, 0.15) is 0 Å². The van der Waals surface area contributed by atoms with Crippen molar-refractivity contribution in [3.63, 3.8) is 0 Å². The van der Waals surface area contributed by atoms with Crippen LogP contribution < -0.4 is 5.32 Å². The molecule has 0 saturated heterocycles. The van der Waals surface area contributed by atoms with Crippen molar-refractivity contribution < 1.29 is 9.59 Å². The van der Waals surface area contributed by atoms with Crippen LogP contribution in [0.4, 0.5) is 0 Å². The highest BCUT2D eigenvalue weighted by atomic mass is 16.2. The number of nitrogens with one attached hydrogen (secondary N) is 1. The zero-order chi connectivity index (χ0) is 24.7. The minimum Gasteiger partial charge on any atom is -0.355 e. The predicted octanol–water partition coefficient (Wildman–Crippen LogP) is 5.49. The van der Waals surface area contributed by atoms with Crippen molar-refractivity contribution in [2.75, 3.05) is 13.6 Å². The molecule has 1 fully saturated rings. The molecule has 0 radical (unpaired) electrons. The summed E-state index contributed by atoms with van der Waals surface area (Å²) in [6.45, 7) is 0.620. The summed E-state index contributed by atoms with van der Waals surface area (Å²) in [5.74, 6) is -0.490. The van der Waals surface area contributed by atoms with Crippen molar-refractivity contribution in [3.05, 3.63) is 113 Å². The molecule has 2 unspecified atom stereocenters. The molecule has 0 aromatic heterocycles. The Balaban J connectivity index is 1.37. The molecule has 3 aromatic carbocycles. The van der Waals surface area contributed by atoms with Crippen LogP contribution in [0.1, 0.15) is 64.2 Å². The highest BCUT2D eigenvalue weighted by Gasteiger charge is 2.45. The van der Waals surface area contributed by atoms with Gasteiger partial charge in [-0.1, -0.05) is 91.7 Å². The number of allylic oxidation sites excluding steroid dienone is 1. The number of amides is 2. The third-order valence-electron chi connectivity index (χ3n) is 8.60. The first-order chi connectivity index (χ1) is 17.6. The van der Waals surface area contributed by atoms with Crippen molar-refractivity contribution in [3.8, 4) is 0 Å². The lowest BCUT2D eigenvalue weighted by Gasteiger charge is -2.41. The monoisotopic (exact) mass is 476 g/mol. The summed E-state index contributed by atoms with van der Waals surface area (Å²) in [7, 11) is 1.84. The Bertz CT molecular complexity index is 1340. The summed E-state index contributed by atoms with van der Waals surface area (Å²) in [4.78, 5) is 29.4. The maximum atomic E-state index is 14.1. The van der Waals surface area contributed by atoms with Crippen molar-refractivity contribution in [1.82, 2.24) is 10.2 Å². The Labute approximate surface area is 213 Å². The van der Waals surface area contributed by atoms with Gasteiger partial charge in [-0.2, -0.15) is 0 Å². The van der Waals surface area contributed by atoms with E-state index in [0.29, 0.717) is 12.1 Å². The van der Waals surface area contributed by atoms with Crippen LogP contribution >= 0.6 is 0 Å². The average molecular weight is 477 g/mol. The summed E-state index contributed by atoms with van der Waals surface area (Å²) in [6, 6.07) is 26.3. The van der Waals surface area contributed by atoms with E-state index < -0.39 is 5.92 Å². The van der Waals surface area contributed by atoms with E-state index in [4.69, 9.17) is 0 Å². The number of nitrogens with zero attached hydrogens (tertiary/aromatic N) is 1. The molecule has 0 spiro atoms. The van der Waals surface area contributed by atoms with E-state index in [0.717, 1.165) is 36.0 Å². The molecule has 1 N–H and O–H groups in total. The van der Waals surface area contributed by atoms with Crippen LogP contribution in [0.25, 0.3) is 5.57 Å². The molecule has 36 heavy (non-hydrogen) atoms. The second kappa shape index (κ2) is 9.09. The van der Waals surface area contributed by atoms with E-state index in [2.05, 4.69) is 53.9 Å². The molecule has 2 atom stereocenters. The molecular weight excluding hydrogens is 444 g/mol. The molecule has 6 rings (SSSR count). The van der Waals surface area contributed by atoms with E-state index in [9.17, 15) is 9.59 Å². The fraction of sp³-hybridized carbons (Fsp3) is 0.312. The normalized spacial score (nSPS) is 22.1. The largest absolute Gasteiger partial charge is 0.355 e. The predicted molar refractivity (Wildman–Crippen MR) is 143 cm³/mol. The van der Waals surface area contributed by atoms with Gasteiger partial charge in [-0.05, 0) is 53.2 Å². The molecule has 182 valence electrons. The van der Waals surface area contributed by atoms with Gasteiger partial charge in [-0.3, -0.25) is 9.59 Å². The number of carbonyl (C=O) groups is 2. The second-order valence-electron chi connectivity index (χ2n) is 10.5. The molecule has 1 heterocycles. The van der Waals surface area contributed by atoms with Crippen molar-refractivity contribution >= 4 is 17.4 Å². The van der Waals surface area contributed by atoms with Crippen LogP contribution in [0.2, 0.25) is 0 Å². The topological polar surface area (TPSA) is 49.4 Å². The van der Waals surface area contributed by atoms with E-state index in [-0.39, 0.29) is 23.3 Å². The zero-order valence-electron chi connectivity index (χ0n) is 20.7. The van der Waals surface area contributed by atoms with Gasteiger partial charge in [0, 0.05) is 24.6 Å². The molecule has 3 aromatic rings. The number of hydrogen-bond donors (Lipinski definition) is 1. The Morgan fingerprint density at radius 2 is 1.58 bits per heavy atom. The second-order valence-corrected chi connectivity index (χ2v) is 10.5. The fourth-order valence-electron chi connectivity index (χ4n) is 6.71. The molecular formula is C32H32N2O2. The molecule has 2 amide bonds. The van der Waals surface area contributed by atoms with Crippen LogP contribution in [-0.4, -0.2) is 36.3 Å². The third-order valence-corrected chi connectivity index (χ3v) is 8.60. The maximum absolute atomic E-state index is 14.1. The van der Waals surface area contributed by atoms with Gasteiger partial charge < -0.3 is 10.2 Å². The van der Waals surface area contributed by atoms with Crippen LogP contribution in [0.3, 0.4) is 0 Å². The van der Waals surface area contributed by atoms with Gasteiger partial charge in [-0.25, -0.2) is 0 Å². The first-order valence-corrected chi connectivity index (χ1v) is 13.1. The van der Waals surface area contributed by atoms with Crippen LogP contribution in [-0.2, 0) is 16.6 Å². The van der Waals surface area contributed by atoms with Gasteiger partial charge in [-0.15, -0.1) is 0 Å². The zero-order valence-corrected chi connectivity index (χ0v) is 20.7. The summed E-state index contributed by atoms with van der Waals surface area (Å²) >= 11 is 0. The van der Waals surface area contributed by atoms with Gasteiger partial charge >= 0.3 is 0 Å². The highest BCUT2D eigenvalue weighted by molar-refractivity contribution is 6.03. The minimum atomic E-state index is -0.462. The lowest BCUT2D eigenvalue weighted by atomic mass is 9.76. The summed E-state index contributed by atoms with van der Waals surface area (Å²) in [6.07, 6.45) is 7.56. The molecule has 3 aliphatic rings. The van der Waals surface area contributed by atoms with Gasteiger partial charge in [0.25, 0.3) is 5.91 Å². The Kier molecular flexibility index (Phi) is 5.75. The Morgan fingerprint density at radius 1 is 0.917 bits per heavy atom. The smallest absolute Gasteiger partial charge is 0.254 e. The number of benzene rings is 3. The highest BCUT2D eigenvalue weighted by Crippen LogP contribution is 2.44. The standard InChI is InChI=1S/C32H32N2O2/c1-34-29(26-18-17-22-11-5-6-14-24(22)26)28(25-15-7-8-16-27(25)31(34)36)30(35)33-21-32(19-9-10-20-32)23-12-3-2-4-13-23/h2-8,11-16,18,28-29H,9-10,17,19-21H2,1H3,(H,33,35). The van der Waals surface area contributed by atoms with Crippen molar-refractivity contribution in [2.24, 2.45) is 0 Å². The maximum Gasteiger partial charge on any atom is 0.254 e. The van der Waals surface area contributed by atoms with Crippen LogP contribution in [0, 0.1) is 0 Å². The Hall–Kier alpha value is -3.66. The molecule has 0 bridgehead atoms. The number of carbonyl (C=O) groups excluding carboxylic acids is 2. The van der Waals surface area contributed by atoms with Crippen LogP contribution in [0.15, 0.2) is 84.9 Å². The lowest BCUT2D eigenvalue weighted by Crippen LogP contribution is -2.52. The van der Waals surface area contributed by atoms with Gasteiger partial charge in [0.2, 0.25) is 5.91 Å². The Morgan fingerprint density at radius 3 is 2.36 bits per heavy atom.